The van der Waals surface area contributed by atoms with Crippen molar-refractivity contribution in [2.75, 3.05) is 20.5 Å². The summed E-state index contributed by atoms with van der Waals surface area (Å²) in [6, 6.07) is 0. The molecule has 0 rings (SSSR count). The van der Waals surface area contributed by atoms with Gasteiger partial charge in [-0.05, 0) is 25.7 Å². The fourth-order valence-electron chi connectivity index (χ4n) is 2.38. The highest BCUT2D eigenvalue weighted by molar-refractivity contribution is 5.66. The Hall–Kier alpha value is -1.05. The third-order valence-corrected chi connectivity index (χ3v) is 3.68. The normalized spacial score (nSPS) is 11.6. The van der Waals surface area contributed by atoms with E-state index in [1.165, 1.54) is 39.0 Å². The Morgan fingerprint density at radius 2 is 1.67 bits per heavy atom. The molecule has 0 saturated heterocycles. The molecule has 0 spiro atoms. The quantitative estimate of drug-likeness (QED) is 0.185. The number of carbonyl (C=O) groups is 1. The van der Waals surface area contributed by atoms with E-state index < -0.39 is 0 Å². The maximum absolute atomic E-state index is 11.0. The molecule has 0 aliphatic carbocycles. The van der Waals surface area contributed by atoms with Crippen LogP contribution in [-0.2, 0) is 19.0 Å². The van der Waals surface area contributed by atoms with Crippen molar-refractivity contribution in [3.05, 3.63) is 0 Å². The van der Waals surface area contributed by atoms with Crippen LogP contribution in [0.15, 0.2) is 0 Å². The molecule has 0 heterocycles. The van der Waals surface area contributed by atoms with Gasteiger partial charge in [-0.15, -0.1) is 0 Å². The number of rotatable bonds is 15. The second-order valence-corrected chi connectivity index (χ2v) is 6.10. The van der Waals surface area contributed by atoms with Gasteiger partial charge in [0.05, 0.1) is 0 Å². The Balaban J connectivity index is 3.51. The first-order valence-electron chi connectivity index (χ1n) is 9.43. The molecule has 0 aliphatic heterocycles. The summed E-state index contributed by atoms with van der Waals surface area (Å²) < 4.78 is 15.3. The van der Waals surface area contributed by atoms with Crippen LogP contribution in [-0.4, -0.2) is 32.6 Å². The van der Waals surface area contributed by atoms with Crippen LogP contribution in [0.3, 0.4) is 0 Å². The van der Waals surface area contributed by atoms with Gasteiger partial charge in [-0.2, -0.15) is 0 Å². The molecule has 0 fully saturated rings. The minimum absolute atomic E-state index is 0.220. The number of ether oxygens (including phenoxy) is 3. The summed E-state index contributed by atoms with van der Waals surface area (Å²) in [5, 5.41) is 0. The van der Waals surface area contributed by atoms with E-state index in [-0.39, 0.29) is 12.1 Å². The van der Waals surface area contributed by atoms with Crippen LogP contribution in [0.4, 0.5) is 0 Å². The zero-order valence-electron chi connectivity index (χ0n) is 15.9. The molecule has 0 bridgehead atoms. The molecule has 0 saturated carbocycles. The second-order valence-electron chi connectivity index (χ2n) is 6.10. The highest BCUT2D eigenvalue weighted by Gasteiger charge is 2.07. The fraction of sp³-hybridized carbons (Fsp3) is 0.850. The number of unbranched alkanes of at least 4 members (excludes halogenated alkanes) is 8. The van der Waals surface area contributed by atoms with Crippen molar-refractivity contribution in [3.63, 3.8) is 0 Å². The predicted molar refractivity (Wildman–Crippen MR) is 97.6 cm³/mol. The molecule has 0 aliphatic rings. The van der Waals surface area contributed by atoms with Crippen LogP contribution in [0.5, 0.6) is 0 Å². The Morgan fingerprint density at radius 1 is 1.00 bits per heavy atom. The maximum Gasteiger partial charge on any atom is 0.303 e. The van der Waals surface area contributed by atoms with Gasteiger partial charge in [0.25, 0.3) is 0 Å². The summed E-state index contributed by atoms with van der Waals surface area (Å²) in [5.41, 5.74) is 0. The summed E-state index contributed by atoms with van der Waals surface area (Å²) >= 11 is 0. The first-order chi connectivity index (χ1) is 11.7. The van der Waals surface area contributed by atoms with Gasteiger partial charge >= 0.3 is 5.97 Å². The van der Waals surface area contributed by atoms with Gasteiger partial charge in [-0.1, -0.05) is 57.3 Å². The molecule has 0 radical (unpaired) electrons. The lowest BCUT2D eigenvalue weighted by Gasteiger charge is -2.09. The molecule has 140 valence electrons. The maximum atomic E-state index is 11.0. The van der Waals surface area contributed by atoms with Gasteiger partial charge in [0.1, 0.15) is 6.79 Å². The summed E-state index contributed by atoms with van der Waals surface area (Å²) in [5.74, 6) is 6.04. The number of methoxy groups -OCH3 is 1. The Labute approximate surface area is 148 Å². The van der Waals surface area contributed by atoms with Gasteiger partial charge in [0, 0.05) is 27.1 Å². The third kappa shape index (κ3) is 17.3. The minimum atomic E-state index is -0.238. The molecule has 0 aromatic rings. The molecule has 0 aromatic heterocycles. The van der Waals surface area contributed by atoms with E-state index in [0.29, 0.717) is 6.79 Å². The third-order valence-electron chi connectivity index (χ3n) is 3.68. The first kappa shape index (κ1) is 22.9. The SMILES string of the molecule is CCCC[C@H](C#CCCCCCCCCCOCOC)OC(C)=O. The zero-order valence-corrected chi connectivity index (χ0v) is 15.9. The fourth-order valence-corrected chi connectivity index (χ4v) is 2.38. The van der Waals surface area contributed by atoms with E-state index in [4.69, 9.17) is 14.2 Å². The van der Waals surface area contributed by atoms with Crippen molar-refractivity contribution < 1.29 is 19.0 Å². The van der Waals surface area contributed by atoms with E-state index in [1.807, 2.05) is 0 Å². The largest absolute Gasteiger partial charge is 0.449 e. The average Bonchev–Trinajstić information content (AvgIpc) is 2.56. The van der Waals surface area contributed by atoms with Gasteiger partial charge in [-0.3, -0.25) is 4.79 Å². The van der Waals surface area contributed by atoms with Crippen molar-refractivity contribution in [2.24, 2.45) is 0 Å². The van der Waals surface area contributed by atoms with E-state index in [0.717, 1.165) is 45.1 Å². The molecular weight excluding hydrogens is 304 g/mol. The number of hydrogen-bond acceptors (Lipinski definition) is 4. The molecule has 0 unspecified atom stereocenters. The van der Waals surface area contributed by atoms with Crippen LogP contribution in [0.25, 0.3) is 0 Å². The topological polar surface area (TPSA) is 44.8 Å². The molecule has 1 atom stereocenters. The van der Waals surface area contributed by atoms with Crippen molar-refractivity contribution in [2.45, 2.75) is 90.6 Å². The first-order valence-corrected chi connectivity index (χ1v) is 9.43. The van der Waals surface area contributed by atoms with E-state index in [9.17, 15) is 4.79 Å². The smallest absolute Gasteiger partial charge is 0.303 e. The monoisotopic (exact) mass is 340 g/mol. The summed E-state index contributed by atoms with van der Waals surface area (Å²) in [6.45, 7) is 4.78. The average molecular weight is 341 g/mol. The van der Waals surface area contributed by atoms with Crippen LogP contribution in [0.1, 0.15) is 84.5 Å². The highest BCUT2D eigenvalue weighted by atomic mass is 16.7. The molecule has 0 N–H and O–H groups in total. The standard InChI is InChI=1S/C20H36O4/c1-4-5-15-20(24-19(2)21)16-13-11-9-7-6-8-10-12-14-17-23-18-22-3/h20H,4-12,14-15,17-18H2,1-3H3/t20-/m1/s1. The van der Waals surface area contributed by atoms with Crippen molar-refractivity contribution in [3.8, 4) is 11.8 Å². The molecule has 0 amide bonds. The Kier molecular flexibility index (Phi) is 17.5. The molecule has 4 heteroatoms. The second kappa shape index (κ2) is 18.3. The summed E-state index contributed by atoms with van der Waals surface area (Å²) in [6.07, 6.45) is 12.2. The molecule has 0 aromatic carbocycles. The number of hydrogen-bond donors (Lipinski definition) is 0. The minimum Gasteiger partial charge on any atom is -0.449 e. The summed E-state index contributed by atoms with van der Waals surface area (Å²) in [7, 11) is 1.64. The van der Waals surface area contributed by atoms with Gasteiger partial charge < -0.3 is 14.2 Å². The highest BCUT2D eigenvalue weighted by Crippen LogP contribution is 2.09. The lowest BCUT2D eigenvalue weighted by Crippen LogP contribution is -2.14. The van der Waals surface area contributed by atoms with E-state index >= 15 is 0 Å². The van der Waals surface area contributed by atoms with Crippen molar-refractivity contribution in [1.82, 2.24) is 0 Å². The van der Waals surface area contributed by atoms with Crippen molar-refractivity contribution >= 4 is 5.97 Å². The van der Waals surface area contributed by atoms with Crippen LogP contribution < -0.4 is 0 Å². The van der Waals surface area contributed by atoms with Gasteiger partial charge in [0.15, 0.2) is 6.10 Å². The Morgan fingerprint density at radius 3 is 2.29 bits per heavy atom. The Bertz CT molecular complexity index is 343. The predicted octanol–water partition coefficient (Wildman–Crippen LogP) is 4.85. The summed E-state index contributed by atoms with van der Waals surface area (Å²) in [4.78, 5) is 11.0. The lowest BCUT2D eigenvalue weighted by molar-refractivity contribution is -0.144. The van der Waals surface area contributed by atoms with Crippen LogP contribution >= 0.6 is 0 Å². The van der Waals surface area contributed by atoms with Crippen LogP contribution in [0, 0.1) is 11.8 Å². The molecule has 24 heavy (non-hydrogen) atoms. The van der Waals surface area contributed by atoms with E-state index in [1.54, 1.807) is 7.11 Å². The zero-order chi connectivity index (χ0) is 17.9. The molecule has 4 nitrogen and oxygen atoms in total. The van der Waals surface area contributed by atoms with Gasteiger partial charge in [-0.25, -0.2) is 0 Å². The van der Waals surface area contributed by atoms with Crippen LogP contribution in [0.2, 0.25) is 0 Å². The number of carbonyl (C=O) groups excluding carboxylic acids is 1. The molecular formula is C20H36O4. The van der Waals surface area contributed by atoms with Gasteiger partial charge in [0.2, 0.25) is 0 Å². The van der Waals surface area contributed by atoms with Crippen molar-refractivity contribution in [1.29, 1.82) is 0 Å². The lowest BCUT2D eigenvalue weighted by atomic mass is 10.1. The number of esters is 1. The van der Waals surface area contributed by atoms with E-state index in [2.05, 4.69) is 18.8 Å².